The molecular formula is C21H16F3N3O2. The number of carbonyl (C=O) groups excluding carboxylic acids is 2. The molecule has 8 heteroatoms. The van der Waals surface area contributed by atoms with Crippen LogP contribution in [0.1, 0.15) is 39.2 Å². The molecule has 3 rings (SSSR count). The second kappa shape index (κ2) is 8.55. The predicted octanol–water partition coefficient (Wildman–Crippen LogP) is 4.24. The standard InChI is InChI=1S/C21H16F3N3O2/c1-12(13-5-3-2-4-6-13)26-20(28)14-9-15(11-25-10-14)21(29)27-17-8-7-16(22)18(23)19(17)24/h2-12H,1H3,(H,26,28)(H,27,29). The van der Waals surface area contributed by atoms with Gasteiger partial charge >= 0.3 is 0 Å². The van der Waals surface area contributed by atoms with Crippen LogP contribution in [-0.2, 0) is 0 Å². The average molecular weight is 399 g/mol. The van der Waals surface area contributed by atoms with Crippen molar-refractivity contribution in [3.05, 3.63) is 95.1 Å². The van der Waals surface area contributed by atoms with Crippen LogP contribution in [0.2, 0.25) is 0 Å². The van der Waals surface area contributed by atoms with Gasteiger partial charge in [0, 0.05) is 12.4 Å². The van der Waals surface area contributed by atoms with E-state index in [1.807, 2.05) is 37.3 Å². The largest absolute Gasteiger partial charge is 0.345 e. The molecule has 0 radical (unpaired) electrons. The minimum atomic E-state index is -1.69. The third kappa shape index (κ3) is 4.60. The van der Waals surface area contributed by atoms with Crippen LogP contribution in [-0.4, -0.2) is 16.8 Å². The van der Waals surface area contributed by atoms with E-state index >= 15 is 0 Å². The zero-order chi connectivity index (χ0) is 21.0. The smallest absolute Gasteiger partial charge is 0.257 e. The SMILES string of the molecule is CC(NC(=O)c1cncc(C(=O)Nc2ccc(F)c(F)c2F)c1)c1ccccc1. The van der Waals surface area contributed by atoms with Gasteiger partial charge in [-0.2, -0.15) is 0 Å². The van der Waals surface area contributed by atoms with Gasteiger partial charge in [0.05, 0.1) is 22.9 Å². The highest BCUT2D eigenvalue weighted by molar-refractivity contribution is 6.05. The Labute approximate surface area is 164 Å². The first kappa shape index (κ1) is 20.1. The maximum absolute atomic E-state index is 13.7. The predicted molar refractivity (Wildman–Crippen MR) is 101 cm³/mol. The van der Waals surface area contributed by atoms with Crippen molar-refractivity contribution >= 4 is 17.5 Å². The lowest BCUT2D eigenvalue weighted by Gasteiger charge is -2.14. The Hall–Kier alpha value is -3.68. The molecule has 2 amide bonds. The molecule has 2 N–H and O–H groups in total. The number of pyridine rings is 1. The van der Waals surface area contributed by atoms with Gasteiger partial charge in [0.15, 0.2) is 17.5 Å². The zero-order valence-corrected chi connectivity index (χ0v) is 15.2. The lowest BCUT2D eigenvalue weighted by atomic mass is 10.1. The molecule has 0 saturated heterocycles. The topological polar surface area (TPSA) is 71.1 Å². The number of carbonyl (C=O) groups is 2. The second-order valence-corrected chi connectivity index (χ2v) is 6.25. The summed E-state index contributed by atoms with van der Waals surface area (Å²) in [6.45, 7) is 1.81. The number of benzene rings is 2. The van der Waals surface area contributed by atoms with E-state index in [2.05, 4.69) is 15.6 Å². The summed E-state index contributed by atoms with van der Waals surface area (Å²) >= 11 is 0. The summed E-state index contributed by atoms with van der Waals surface area (Å²) in [4.78, 5) is 28.6. The van der Waals surface area contributed by atoms with Gasteiger partial charge in [-0.1, -0.05) is 30.3 Å². The van der Waals surface area contributed by atoms with Crippen LogP contribution in [0.25, 0.3) is 0 Å². The molecule has 1 heterocycles. The van der Waals surface area contributed by atoms with E-state index in [0.717, 1.165) is 11.6 Å². The summed E-state index contributed by atoms with van der Waals surface area (Å²) in [5.74, 6) is -5.86. The third-order valence-corrected chi connectivity index (χ3v) is 4.19. The Morgan fingerprint density at radius 1 is 0.897 bits per heavy atom. The van der Waals surface area contributed by atoms with E-state index < -0.39 is 35.0 Å². The summed E-state index contributed by atoms with van der Waals surface area (Å²) in [6, 6.07) is 11.9. The molecule has 0 aliphatic rings. The minimum Gasteiger partial charge on any atom is -0.345 e. The fraction of sp³-hybridized carbons (Fsp3) is 0.0952. The highest BCUT2D eigenvalue weighted by Gasteiger charge is 2.18. The maximum atomic E-state index is 13.7. The van der Waals surface area contributed by atoms with Gasteiger partial charge in [0.2, 0.25) is 0 Å². The van der Waals surface area contributed by atoms with Gasteiger partial charge in [-0.05, 0) is 30.7 Å². The van der Waals surface area contributed by atoms with Crippen molar-refractivity contribution < 1.29 is 22.8 Å². The molecule has 0 bridgehead atoms. The number of nitrogens with one attached hydrogen (secondary N) is 2. The molecule has 29 heavy (non-hydrogen) atoms. The van der Waals surface area contributed by atoms with Crippen molar-refractivity contribution in [2.24, 2.45) is 0 Å². The van der Waals surface area contributed by atoms with Crippen molar-refractivity contribution in [1.29, 1.82) is 0 Å². The van der Waals surface area contributed by atoms with E-state index in [1.54, 1.807) is 0 Å². The van der Waals surface area contributed by atoms with E-state index in [0.29, 0.717) is 6.07 Å². The third-order valence-electron chi connectivity index (χ3n) is 4.19. The molecule has 3 aromatic rings. The Morgan fingerprint density at radius 2 is 1.55 bits per heavy atom. The molecule has 1 atom stereocenters. The average Bonchev–Trinajstić information content (AvgIpc) is 2.74. The van der Waals surface area contributed by atoms with Crippen LogP contribution in [0.15, 0.2) is 60.9 Å². The van der Waals surface area contributed by atoms with Crippen LogP contribution in [0.5, 0.6) is 0 Å². The quantitative estimate of drug-likeness (QED) is 0.631. The summed E-state index contributed by atoms with van der Waals surface area (Å²) in [6.07, 6.45) is 2.45. The fourth-order valence-electron chi connectivity index (χ4n) is 2.61. The minimum absolute atomic E-state index is 0.0471. The number of anilines is 1. The number of nitrogens with zero attached hydrogens (tertiary/aromatic N) is 1. The highest BCUT2D eigenvalue weighted by atomic mass is 19.2. The van der Waals surface area contributed by atoms with Crippen LogP contribution in [0.4, 0.5) is 18.9 Å². The lowest BCUT2D eigenvalue weighted by molar-refractivity contribution is 0.0939. The van der Waals surface area contributed by atoms with E-state index in [4.69, 9.17) is 0 Å². The molecule has 0 aliphatic heterocycles. The van der Waals surface area contributed by atoms with Gasteiger partial charge in [-0.25, -0.2) is 13.2 Å². The van der Waals surface area contributed by atoms with Crippen molar-refractivity contribution in [2.75, 3.05) is 5.32 Å². The van der Waals surface area contributed by atoms with Crippen molar-refractivity contribution in [2.45, 2.75) is 13.0 Å². The monoisotopic (exact) mass is 399 g/mol. The molecule has 0 spiro atoms. The number of amides is 2. The van der Waals surface area contributed by atoms with Gasteiger partial charge in [0.25, 0.3) is 11.8 Å². The van der Waals surface area contributed by atoms with Crippen LogP contribution >= 0.6 is 0 Å². The molecule has 2 aromatic carbocycles. The molecule has 1 aromatic heterocycles. The first-order valence-corrected chi connectivity index (χ1v) is 8.62. The Morgan fingerprint density at radius 3 is 2.24 bits per heavy atom. The summed E-state index contributed by atoms with van der Waals surface area (Å²) in [5.41, 5.74) is 0.443. The zero-order valence-electron chi connectivity index (χ0n) is 15.2. The van der Waals surface area contributed by atoms with E-state index in [1.165, 1.54) is 18.5 Å². The number of hydrogen-bond acceptors (Lipinski definition) is 3. The lowest BCUT2D eigenvalue weighted by Crippen LogP contribution is -2.27. The van der Waals surface area contributed by atoms with Crippen molar-refractivity contribution in [3.8, 4) is 0 Å². The Kier molecular flexibility index (Phi) is 5.92. The molecule has 148 valence electrons. The van der Waals surface area contributed by atoms with Gasteiger partial charge < -0.3 is 10.6 Å². The summed E-state index contributed by atoms with van der Waals surface area (Å²) < 4.78 is 40.1. The number of hydrogen-bond donors (Lipinski definition) is 2. The van der Waals surface area contributed by atoms with E-state index in [-0.39, 0.29) is 17.2 Å². The first-order valence-electron chi connectivity index (χ1n) is 8.62. The number of rotatable bonds is 5. The van der Waals surface area contributed by atoms with Gasteiger partial charge in [-0.15, -0.1) is 0 Å². The Balaban J connectivity index is 1.74. The highest BCUT2D eigenvalue weighted by Crippen LogP contribution is 2.20. The summed E-state index contributed by atoms with van der Waals surface area (Å²) in [7, 11) is 0. The fourth-order valence-corrected chi connectivity index (χ4v) is 2.61. The normalized spacial score (nSPS) is 11.6. The first-order chi connectivity index (χ1) is 13.9. The molecular weight excluding hydrogens is 383 g/mol. The summed E-state index contributed by atoms with van der Waals surface area (Å²) in [5, 5.41) is 4.92. The van der Waals surface area contributed by atoms with Crippen LogP contribution < -0.4 is 10.6 Å². The van der Waals surface area contributed by atoms with Crippen molar-refractivity contribution in [3.63, 3.8) is 0 Å². The second-order valence-electron chi connectivity index (χ2n) is 6.25. The van der Waals surface area contributed by atoms with Crippen molar-refractivity contribution in [1.82, 2.24) is 10.3 Å². The van der Waals surface area contributed by atoms with Gasteiger partial charge in [-0.3, -0.25) is 14.6 Å². The Bertz CT molecular complexity index is 1060. The molecule has 0 aliphatic carbocycles. The molecule has 1 unspecified atom stereocenters. The number of halogens is 3. The number of aromatic nitrogens is 1. The molecule has 0 fully saturated rings. The van der Waals surface area contributed by atoms with Gasteiger partial charge in [0.1, 0.15) is 0 Å². The molecule has 0 saturated carbocycles. The van der Waals surface area contributed by atoms with E-state index in [9.17, 15) is 22.8 Å². The molecule has 5 nitrogen and oxygen atoms in total. The van der Waals surface area contributed by atoms with Crippen LogP contribution in [0.3, 0.4) is 0 Å². The maximum Gasteiger partial charge on any atom is 0.257 e. The van der Waals surface area contributed by atoms with Crippen LogP contribution in [0, 0.1) is 17.5 Å².